The highest BCUT2D eigenvalue weighted by atomic mass is 35.5. The van der Waals surface area contributed by atoms with Crippen molar-refractivity contribution in [3.8, 4) is 27.9 Å². The minimum atomic E-state index is -4.66. The van der Waals surface area contributed by atoms with Crippen molar-refractivity contribution in [2.75, 3.05) is 13.6 Å². The fraction of sp³-hybridized carbons (Fsp3) is 0.129. The first-order valence-corrected chi connectivity index (χ1v) is 14.2. The maximum Gasteiger partial charge on any atom is 0.433 e. The Morgan fingerprint density at radius 3 is 2.55 bits per heavy atom. The Morgan fingerprint density at radius 1 is 1.06 bits per heavy atom. The Kier molecular flexibility index (Phi) is 8.38. The Hall–Kier alpha value is -5.70. The summed E-state index contributed by atoms with van der Waals surface area (Å²) in [4.78, 5) is 18.1. The van der Waals surface area contributed by atoms with Gasteiger partial charge in [0.2, 0.25) is 5.69 Å². The van der Waals surface area contributed by atoms with E-state index >= 15 is 4.39 Å². The van der Waals surface area contributed by atoms with E-state index in [1.807, 2.05) is 0 Å². The maximum absolute atomic E-state index is 15.4. The lowest BCUT2D eigenvalue weighted by Gasteiger charge is -2.24. The second kappa shape index (κ2) is 12.6. The molecular formula is C31H22ClF4N9O2. The van der Waals surface area contributed by atoms with E-state index in [9.17, 15) is 23.2 Å². The van der Waals surface area contributed by atoms with Crippen LogP contribution in [0.5, 0.6) is 0 Å². The van der Waals surface area contributed by atoms with Crippen molar-refractivity contribution in [2.45, 2.75) is 12.2 Å². The summed E-state index contributed by atoms with van der Waals surface area (Å²) in [7, 11) is 1.55. The SMILES string of the molecule is CN(C[C@@H](c1ccc(-c2c(-n3cnnn3)ccc(Cl)c2F)c[n+]1[O-])n1cc(-c2ccnc(C(F)(F)F)c2)cn1)C(=O)c1ccccc1. The van der Waals surface area contributed by atoms with Gasteiger partial charge in [-0.25, -0.2) is 4.39 Å². The van der Waals surface area contributed by atoms with E-state index in [1.54, 1.807) is 37.4 Å². The predicted molar refractivity (Wildman–Crippen MR) is 161 cm³/mol. The zero-order chi connectivity index (χ0) is 33.3. The number of aromatic nitrogens is 8. The standard InChI is InChI=1S/C31H22ClF4N9O2/c1-42(30(46)19-5-3-2-4-6-19)17-26(43-15-22(14-39-43)20-11-12-37-27(13-20)31(34,35)36)24-9-7-21(16-45(24)47)28-25(44-18-38-40-41-44)10-8-23(32)29(28)33/h2-16,18,26H,17H2,1H3/t26-/m0/s1. The summed E-state index contributed by atoms with van der Waals surface area (Å²) in [5.74, 6) is -1.14. The van der Waals surface area contributed by atoms with Crippen LogP contribution in [0.25, 0.3) is 27.9 Å². The number of carbonyl (C=O) groups is 1. The van der Waals surface area contributed by atoms with Crippen LogP contribution in [0.4, 0.5) is 17.6 Å². The number of carbonyl (C=O) groups excluding carboxylic acids is 1. The van der Waals surface area contributed by atoms with E-state index in [4.69, 9.17) is 11.6 Å². The van der Waals surface area contributed by atoms with Gasteiger partial charge in [-0.15, -0.1) is 5.10 Å². The van der Waals surface area contributed by atoms with Gasteiger partial charge in [0.15, 0.2) is 18.1 Å². The van der Waals surface area contributed by atoms with Crippen LogP contribution in [0, 0.1) is 11.0 Å². The first kappa shape index (κ1) is 31.3. The Bertz CT molecular complexity index is 2050. The van der Waals surface area contributed by atoms with E-state index in [1.165, 1.54) is 63.3 Å². The number of nitrogens with zero attached hydrogens (tertiary/aromatic N) is 9. The molecule has 0 radical (unpaired) electrons. The van der Waals surface area contributed by atoms with Crippen molar-refractivity contribution >= 4 is 17.5 Å². The van der Waals surface area contributed by atoms with Gasteiger partial charge < -0.3 is 10.1 Å². The maximum atomic E-state index is 15.4. The van der Waals surface area contributed by atoms with Crippen molar-refractivity contribution < 1.29 is 27.1 Å². The molecule has 2 aromatic carbocycles. The van der Waals surface area contributed by atoms with Gasteiger partial charge in [0.1, 0.15) is 12.0 Å². The molecule has 0 spiro atoms. The van der Waals surface area contributed by atoms with E-state index in [2.05, 4.69) is 25.6 Å². The summed E-state index contributed by atoms with van der Waals surface area (Å²) < 4.78 is 58.6. The summed E-state index contributed by atoms with van der Waals surface area (Å²) in [6.45, 7) is -0.0675. The van der Waals surface area contributed by atoms with E-state index in [0.29, 0.717) is 15.9 Å². The number of tetrazole rings is 1. The van der Waals surface area contributed by atoms with Crippen LogP contribution in [-0.2, 0) is 6.18 Å². The summed E-state index contributed by atoms with van der Waals surface area (Å²) >= 11 is 6.09. The Morgan fingerprint density at radius 2 is 1.85 bits per heavy atom. The molecular weight excluding hydrogens is 642 g/mol. The van der Waals surface area contributed by atoms with Crippen molar-refractivity contribution in [1.29, 1.82) is 0 Å². The second-order valence-electron chi connectivity index (χ2n) is 10.4. The number of halogens is 5. The quantitative estimate of drug-likeness (QED) is 0.122. The Balaban J connectivity index is 1.42. The smallest absolute Gasteiger partial charge is 0.433 e. The third-order valence-electron chi connectivity index (χ3n) is 7.36. The largest absolute Gasteiger partial charge is 0.618 e. The Labute approximate surface area is 268 Å². The molecule has 6 rings (SSSR count). The van der Waals surface area contributed by atoms with Crippen LogP contribution in [0.1, 0.15) is 27.8 Å². The number of alkyl halides is 3. The molecule has 0 aliphatic carbocycles. The van der Waals surface area contributed by atoms with Crippen molar-refractivity contribution in [1.82, 2.24) is 39.9 Å². The van der Waals surface area contributed by atoms with Crippen LogP contribution in [0.15, 0.2) is 97.8 Å². The molecule has 0 unspecified atom stereocenters. The molecule has 0 saturated carbocycles. The average molecular weight is 664 g/mol. The van der Waals surface area contributed by atoms with Crippen LogP contribution >= 0.6 is 11.6 Å². The van der Waals surface area contributed by atoms with Gasteiger partial charge in [-0.1, -0.05) is 29.8 Å². The van der Waals surface area contributed by atoms with E-state index in [0.717, 1.165) is 18.5 Å². The van der Waals surface area contributed by atoms with Crippen LogP contribution in [-0.4, -0.2) is 59.4 Å². The van der Waals surface area contributed by atoms with E-state index in [-0.39, 0.29) is 45.5 Å². The molecule has 0 saturated heterocycles. The number of hydrogen-bond acceptors (Lipinski definition) is 7. The highest BCUT2D eigenvalue weighted by molar-refractivity contribution is 6.31. The monoisotopic (exact) mass is 663 g/mol. The summed E-state index contributed by atoms with van der Waals surface area (Å²) in [5.41, 5.74) is 0.296. The number of benzene rings is 2. The molecule has 0 aliphatic heterocycles. The van der Waals surface area contributed by atoms with Gasteiger partial charge in [-0.3, -0.25) is 14.5 Å². The second-order valence-corrected chi connectivity index (χ2v) is 10.8. The van der Waals surface area contributed by atoms with Crippen molar-refractivity contribution in [2.24, 2.45) is 0 Å². The average Bonchev–Trinajstić information content (AvgIpc) is 3.78. The number of hydrogen-bond donors (Lipinski definition) is 0. The highest BCUT2D eigenvalue weighted by Gasteiger charge is 2.33. The third kappa shape index (κ3) is 6.37. The summed E-state index contributed by atoms with van der Waals surface area (Å²) in [6.07, 6.45) is 1.62. The lowest BCUT2D eigenvalue weighted by Crippen LogP contribution is -2.41. The number of rotatable bonds is 8. The molecule has 4 aromatic heterocycles. The fourth-order valence-corrected chi connectivity index (χ4v) is 5.21. The molecule has 4 heterocycles. The number of pyridine rings is 2. The predicted octanol–water partition coefficient (Wildman–Crippen LogP) is 5.39. The molecule has 238 valence electrons. The normalized spacial score (nSPS) is 12.2. The van der Waals surface area contributed by atoms with Gasteiger partial charge in [0, 0.05) is 36.6 Å². The number of amides is 1. The molecule has 0 aliphatic rings. The first-order chi connectivity index (χ1) is 22.5. The van der Waals surface area contributed by atoms with Gasteiger partial charge >= 0.3 is 6.18 Å². The van der Waals surface area contributed by atoms with E-state index < -0.39 is 23.7 Å². The highest BCUT2D eigenvalue weighted by Crippen LogP contribution is 2.34. The molecule has 11 nitrogen and oxygen atoms in total. The van der Waals surface area contributed by atoms with Crippen LogP contribution in [0.3, 0.4) is 0 Å². The lowest BCUT2D eigenvalue weighted by molar-refractivity contribution is -0.615. The lowest BCUT2D eigenvalue weighted by atomic mass is 10.0. The van der Waals surface area contributed by atoms with Crippen LogP contribution in [0.2, 0.25) is 5.02 Å². The molecule has 0 N–H and O–H groups in total. The van der Waals surface area contributed by atoms with Crippen LogP contribution < -0.4 is 4.73 Å². The molecule has 1 atom stereocenters. The fourth-order valence-electron chi connectivity index (χ4n) is 5.05. The molecule has 47 heavy (non-hydrogen) atoms. The summed E-state index contributed by atoms with van der Waals surface area (Å²) in [6, 6.07) is 15.6. The minimum Gasteiger partial charge on any atom is -0.618 e. The zero-order valence-electron chi connectivity index (χ0n) is 24.3. The molecule has 0 bridgehead atoms. The molecule has 6 aromatic rings. The number of likely N-dealkylation sites (N-methyl/N-ethyl adjacent to an activating group) is 1. The topological polar surface area (TPSA) is 122 Å². The van der Waals surface area contributed by atoms with Gasteiger partial charge in [0.25, 0.3) is 5.91 Å². The van der Waals surface area contributed by atoms with Crippen molar-refractivity contribution in [3.63, 3.8) is 0 Å². The van der Waals surface area contributed by atoms with Gasteiger partial charge in [-0.05, 0) is 58.5 Å². The van der Waals surface area contributed by atoms with Gasteiger partial charge in [-0.2, -0.15) is 27.7 Å². The third-order valence-corrected chi connectivity index (χ3v) is 7.65. The first-order valence-electron chi connectivity index (χ1n) is 13.8. The molecule has 16 heteroatoms. The summed E-state index contributed by atoms with van der Waals surface area (Å²) in [5, 5.41) is 28.9. The van der Waals surface area contributed by atoms with Gasteiger partial charge in [0.05, 0.1) is 34.6 Å². The van der Waals surface area contributed by atoms with Crippen molar-refractivity contribution in [3.05, 3.63) is 131 Å². The molecule has 0 fully saturated rings. The zero-order valence-corrected chi connectivity index (χ0v) is 25.0. The minimum absolute atomic E-state index is 0.0339. The molecule has 1 amide bonds.